The lowest BCUT2D eigenvalue weighted by molar-refractivity contribution is 0.0177. The molecule has 0 saturated carbocycles. The molecule has 5 heteroatoms. The molecule has 1 amide bonds. The van der Waals surface area contributed by atoms with E-state index in [1.54, 1.807) is 11.0 Å². The van der Waals surface area contributed by atoms with Crippen LogP contribution in [0.5, 0.6) is 11.5 Å². The molecule has 0 bridgehead atoms. The molecule has 3 rings (SSSR count). The number of amides is 1. The molecule has 23 heavy (non-hydrogen) atoms. The maximum atomic E-state index is 12.3. The number of nitrogens with zero attached hydrogens (tertiary/aromatic N) is 1. The van der Waals surface area contributed by atoms with Crippen molar-refractivity contribution in [1.29, 1.82) is 0 Å². The van der Waals surface area contributed by atoms with Crippen LogP contribution in [0.15, 0.2) is 42.5 Å². The predicted molar refractivity (Wildman–Crippen MR) is 89.3 cm³/mol. The third-order valence-corrected chi connectivity index (χ3v) is 4.24. The van der Waals surface area contributed by atoms with Crippen molar-refractivity contribution in [2.45, 2.75) is 19.4 Å². The molecular formula is C18H18ClNO3. The SMILES string of the molecule is CCc1cccc(OC2CN(C(=O)c3ccc(O)c(Cl)c3)C2)c1. The minimum Gasteiger partial charge on any atom is -0.506 e. The number of hydrogen-bond acceptors (Lipinski definition) is 3. The number of phenolic OH excluding ortho intramolecular Hbond substituents is 1. The van der Waals surface area contributed by atoms with E-state index in [0.717, 1.165) is 12.2 Å². The van der Waals surface area contributed by atoms with Crippen LogP contribution in [0.25, 0.3) is 0 Å². The van der Waals surface area contributed by atoms with Gasteiger partial charge in [-0.15, -0.1) is 0 Å². The van der Waals surface area contributed by atoms with Crippen molar-refractivity contribution in [3.8, 4) is 11.5 Å². The third kappa shape index (κ3) is 3.42. The van der Waals surface area contributed by atoms with Crippen molar-refractivity contribution < 1.29 is 14.6 Å². The Labute approximate surface area is 140 Å². The highest BCUT2D eigenvalue weighted by molar-refractivity contribution is 6.32. The van der Waals surface area contributed by atoms with Crippen molar-refractivity contribution >= 4 is 17.5 Å². The van der Waals surface area contributed by atoms with Crippen LogP contribution in [0.4, 0.5) is 0 Å². The lowest BCUT2D eigenvalue weighted by Gasteiger charge is -2.39. The van der Waals surface area contributed by atoms with Gasteiger partial charge in [-0.3, -0.25) is 4.79 Å². The van der Waals surface area contributed by atoms with E-state index in [9.17, 15) is 9.90 Å². The van der Waals surface area contributed by atoms with Gasteiger partial charge in [-0.2, -0.15) is 0 Å². The molecule has 1 saturated heterocycles. The molecule has 2 aromatic carbocycles. The van der Waals surface area contributed by atoms with Gasteiger partial charge in [0, 0.05) is 5.56 Å². The predicted octanol–water partition coefficient (Wildman–Crippen LogP) is 3.51. The fourth-order valence-corrected chi connectivity index (χ4v) is 2.71. The van der Waals surface area contributed by atoms with Gasteiger partial charge in [0.25, 0.3) is 5.91 Å². The Bertz CT molecular complexity index is 726. The first kappa shape index (κ1) is 15.7. The van der Waals surface area contributed by atoms with Gasteiger partial charge in [-0.25, -0.2) is 0 Å². The van der Waals surface area contributed by atoms with Crippen LogP contribution in [0, 0.1) is 0 Å². The van der Waals surface area contributed by atoms with Crippen molar-refractivity contribution in [1.82, 2.24) is 4.90 Å². The van der Waals surface area contributed by atoms with Gasteiger partial charge in [0.2, 0.25) is 0 Å². The highest BCUT2D eigenvalue weighted by atomic mass is 35.5. The zero-order valence-electron chi connectivity index (χ0n) is 12.8. The number of phenols is 1. The average molecular weight is 332 g/mol. The van der Waals surface area contributed by atoms with E-state index in [-0.39, 0.29) is 22.8 Å². The maximum absolute atomic E-state index is 12.3. The zero-order chi connectivity index (χ0) is 16.4. The molecule has 0 radical (unpaired) electrons. The quantitative estimate of drug-likeness (QED) is 0.932. The van der Waals surface area contributed by atoms with Crippen LogP contribution < -0.4 is 4.74 Å². The van der Waals surface area contributed by atoms with E-state index in [4.69, 9.17) is 16.3 Å². The Morgan fingerprint density at radius 2 is 2.09 bits per heavy atom. The summed E-state index contributed by atoms with van der Waals surface area (Å²) >= 11 is 5.84. The molecule has 1 heterocycles. The Morgan fingerprint density at radius 1 is 1.30 bits per heavy atom. The van der Waals surface area contributed by atoms with E-state index in [1.165, 1.54) is 17.7 Å². The molecule has 0 unspecified atom stereocenters. The number of aromatic hydroxyl groups is 1. The molecule has 1 fully saturated rings. The summed E-state index contributed by atoms with van der Waals surface area (Å²) in [5.41, 5.74) is 1.70. The second-order valence-corrected chi connectivity index (χ2v) is 6.02. The van der Waals surface area contributed by atoms with Gasteiger partial charge in [0.05, 0.1) is 18.1 Å². The zero-order valence-corrected chi connectivity index (χ0v) is 13.6. The molecule has 0 atom stereocenters. The molecule has 1 aliphatic rings. The van der Waals surface area contributed by atoms with Crippen LogP contribution in [0.3, 0.4) is 0 Å². The molecule has 0 aromatic heterocycles. The first-order chi connectivity index (χ1) is 11.1. The summed E-state index contributed by atoms with van der Waals surface area (Å²) in [7, 11) is 0. The molecular weight excluding hydrogens is 314 g/mol. The Balaban J connectivity index is 1.57. The molecule has 0 spiro atoms. The molecule has 4 nitrogen and oxygen atoms in total. The van der Waals surface area contributed by atoms with Crippen molar-refractivity contribution in [3.05, 3.63) is 58.6 Å². The highest BCUT2D eigenvalue weighted by Gasteiger charge is 2.33. The fourth-order valence-electron chi connectivity index (χ4n) is 2.53. The van der Waals surface area contributed by atoms with E-state index in [1.807, 2.05) is 18.2 Å². The van der Waals surface area contributed by atoms with Crippen molar-refractivity contribution in [2.24, 2.45) is 0 Å². The summed E-state index contributed by atoms with van der Waals surface area (Å²) in [6, 6.07) is 12.5. The number of carbonyl (C=O) groups is 1. The van der Waals surface area contributed by atoms with E-state index < -0.39 is 0 Å². The number of ether oxygens (including phenoxy) is 1. The van der Waals surface area contributed by atoms with Crippen LogP contribution in [-0.2, 0) is 6.42 Å². The second kappa shape index (κ2) is 6.50. The number of carbonyl (C=O) groups excluding carboxylic acids is 1. The molecule has 1 aliphatic heterocycles. The summed E-state index contributed by atoms with van der Waals surface area (Å²) in [5.74, 6) is 0.715. The first-order valence-electron chi connectivity index (χ1n) is 7.60. The number of aryl methyl sites for hydroxylation is 1. The monoisotopic (exact) mass is 331 g/mol. The Kier molecular flexibility index (Phi) is 4.44. The minimum absolute atomic E-state index is 0.0126. The fraction of sp³-hybridized carbons (Fsp3) is 0.278. The van der Waals surface area contributed by atoms with Crippen molar-refractivity contribution in [2.75, 3.05) is 13.1 Å². The Morgan fingerprint density at radius 3 is 2.78 bits per heavy atom. The summed E-state index contributed by atoms with van der Waals surface area (Å²) in [4.78, 5) is 14.0. The van der Waals surface area contributed by atoms with Gasteiger partial charge in [0.1, 0.15) is 17.6 Å². The van der Waals surface area contributed by atoms with E-state index in [0.29, 0.717) is 18.7 Å². The van der Waals surface area contributed by atoms with Crippen LogP contribution >= 0.6 is 11.6 Å². The maximum Gasteiger partial charge on any atom is 0.254 e. The summed E-state index contributed by atoms with van der Waals surface area (Å²) in [6.07, 6.45) is 0.979. The van der Waals surface area contributed by atoms with Gasteiger partial charge in [-0.1, -0.05) is 30.7 Å². The Hall–Kier alpha value is -2.20. The van der Waals surface area contributed by atoms with Crippen molar-refractivity contribution in [3.63, 3.8) is 0 Å². The van der Waals surface area contributed by atoms with Gasteiger partial charge in [-0.05, 0) is 42.3 Å². The smallest absolute Gasteiger partial charge is 0.254 e. The third-order valence-electron chi connectivity index (χ3n) is 3.94. The molecule has 2 aromatic rings. The molecule has 120 valence electrons. The standard InChI is InChI=1S/C18H18ClNO3/c1-2-12-4-3-5-14(8-12)23-15-10-20(11-15)18(22)13-6-7-17(21)16(19)9-13/h3-9,15,21H,2,10-11H2,1H3. The van der Waals surface area contributed by atoms with Crippen LogP contribution in [-0.4, -0.2) is 35.1 Å². The second-order valence-electron chi connectivity index (χ2n) is 5.62. The number of likely N-dealkylation sites (tertiary alicyclic amines) is 1. The molecule has 1 N–H and O–H groups in total. The lowest BCUT2D eigenvalue weighted by Crippen LogP contribution is -2.56. The number of halogens is 1. The number of rotatable bonds is 4. The lowest BCUT2D eigenvalue weighted by atomic mass is 10.1. The first-order valence-corrected chi connectivity index (χ1v) is 7.98. The highest BCUT2D eigenvalue weighted by Crippen LogP contribution is 2.26. The molecule has 0 aliphatic carbocycles. The normalized spacial score (nSPS) is 14.4. The number of hydrogen-bond donors (Lipinski definition) is 1. The van der Waals surface area contributed by atoms with E-state index in [2.05, 4.69) is 13.0 Å². The van der Waals surface area contributed by atoms with Gasteiger partial charge in [0.15, 0.2) is 0 Å². The summed E-state index contributed by atoms with van der Waals surface area (Å²) in [6.45, 7) is 3.20. The average Bonchev–Trinajstić information content (AvgIpc) is 2.52. The summed E-state index contributed by atoms with van der Waals surface area (Å²) < 4.78 is 5.89. The van der Waals surface area contributed by atoms with Gasteiger partial charge >= 0.3 is 0 Å². The largest absolute Gasteiger partial charge is 0.506 e. The number of benzene rings is 2. The minimum atomic E-state index is -0.103. The summed E-state index contributed by atoms with van der Waals surface area (Å²) in [5, 5.41) is 9.59. The van der Waals surface area contributed by atoms with Crippen LogP contribution in [0.1, 0.15) is 22.8 Å². The van der Waals surface area contributed by atoms with Gasteiger partial charge < -0.3 is 14.7 Å². The van der Waals surface area contributed by atoms with E-state index >= 15 is 0 Å². The topological polar surface area (TPSA) is 49.8 Å². The van der Waals surface area contributed by atoms with Crippen LogP contribution in [0.2, 0.25) is 5.02 Å².